The van der Waals surface area contributed by atoms with E-state index in [1.165, 1.54) is 11.8 Å². The molecule has 0 aromatic carbocycles. The van der Waals surface area contributed by atoms with Crippen molar-refractivity contribution in [2.75, 3.05) is 24.2 Å². The maximum atomic E-state index is 5.94. The molecule has 0 saturated heterocycles. The van der Waals surface area contributed by atoms with Crippen LogP contribution in [0, 0.1) is 0 Å². The molecule has 0 aliphatic rings. The van der Waals surface area contributed by atoms with Gasteiger partial charge in [0.05, 0.1) is 0 Å². The second kappa shape index (κ2) is 8.76. The zero-order chi connectivity index (χ0) is 12.8. The van der Waals surface area contributed by atoms with Crippen molar-refractivity contribution in [2.45, 2.75) is 13.8 Å². The van der Waals surface area contributed by atoms with Gasteiger partial charge in [-0.3, -0.25) is 0 Å². The Balaban J connectivity index is 0.00000289. The van der Waals surface area contributed by atoms with E-state index in [4.69, 9.17) is 17.3 Å². The van der Waals surface area contributed by atoms with E-state index in [0.717, 1.165) is 13.1 Å². The monoisotopic (exact) mass is 401 g/mol. The standard InChI is InChI=1S/C10H16ClN5S.HI/c1-4-16(5-2)10-13-7(11)6-8(15-10)14-9(12)17-3;/h6H,4-5H2,1-3H3,(H2,12,13,14,15);1H. The van der Waals surface area contributed by atoms with E-state index in [2.05, 4.69) is 15.0 Å². The van der Waals surface area contributed by atoms with Gasteiger partial charge in [0, 0.05) is 19.2 Å². The maximum absolute atomic E-state index is 5.94. The molecule has 8 heteroatoms. The zero-order valence-corrected chi connectivity index (χ0v) is 14.5. The Bertz CT molecular complexity index is 411. The smallest absolute Gasteiger partial charge is 0.228 e. The summed E-state index contributed by atoms with van der Waals surface area (Å²) >= 11 is 7.30. The summed E-state index contributed by atoms with van der Waals surface area (Å²) in [6, 6.07) is 1.59. The lowest BCUT2D eigenvalue weighted by atomic mass is 10.5. The fraction of sp³-hybridized carbons (Fsp3) is 0.500. The van der Waals surface area contributed by atoms with Crippen LogP contribution in [-0.2, 0) is 0 Å². The molecule has 0 bridgehead atoms. The van der Waals surface area contributed by atoms with Crippen molar-refractivity contribution >= 4 is 64.3 Å². The molecule has 5 nitrogen and oxygen atoms in total. The van der Waals surface area contributed by atoms with Crippen molar-refractivity contribution in [3.8, 4) is 0 Å². The SMILES string of the molecule is CCN(CC)c1nc(Cl)cc(N=C(N)SC)n1.I. The Morgan fingerprint density at radius 2 is 2.06 bits per heavy atom. The second-order valence-electron chi connectivity index (χ2n) is 3.18. The minimum atomic E-state index is 0. The van der Waals surface area contributed by atoms with E-state index in [0.29, 0.717) is 22.1 Å². The number of amidine groups is 1. The van der Waals surface area contributed by atoms with E-state index < -0.39 is 0 Å². The van der Waals surface area contributed by atoms with Crippen molar-refractivity contribution in [2.24, 2.45) is 10.7 Å². The van der Waals surface area contributed by atoms with E-state index >= 15 is 0 Å². The molecule has 102 valence electrons. The van der Waals surface area contributed by atoms with Gasteiger partial charge in [0.1, 0.15) is 5.15 Å². The first kappa shape index (κ1) is 17.7. The second-order valence-corrected chi connectivity index (χ2v) is 4.39. The van der Waals surface area contributed by atoms with Gasteiger partial charge < -0.3 is 10.6 Å². The Kier molecular flexibility index (Phi) is 8.62. The van der Waals surface area contributed by atoms with Crippen LogP contribution in [0.15, 0.2) is 11.1 Å². The number of nitrogens with two attached hydrogens (primary N) is 1. The van der Waals surface area contributed by atoms with Gasteiger partial charge in [0.2, 0.25) is 5.95 Å². The van der Waals surface area contributed by atoms with Crippen molar-refractivity contribution in [1.82, 2.24) is 9.97 Å². The van der Waals surface area contributed by atoms with Gasteiger partial charge in [-0.25, -0.2) is 9.98 Å². The Hall–Kier alpha value is -0.280. The molecule has 0 spiro atoms. The Labute approximate surface area is 134 Å². The van der Waals surface area contributed by atoms with Gasteiger partial charge >= 0.3 is 0 Å². The lowest BCUT2D eigenvalue weighted by Crippen LogP contribution is -2.24. The quantitative estimate of drug-likeness (QED) is 0.364. The van der Waals surface area contributed by atoms with Gasteiger partial charge in [-0.05, 0) is 20.1 Å². The van der Waals surface area contributed by atoms with Gasteiger partial charge in [0.15, 0.2) is 11.0 Å². The maximum Gasteiger partial charge on any atom is 0.228 e. The van der Waals surface area contributed by atoms with Gasteiger partial charge in [-0.15, -0.1) is 24.0 Å². The number of aliphatic imine (C=N–C) groups is 1. The minimum Gasteiger partial charge on any atom is -0.378 e. The van der Waals surface area contributed by atoms with Gasteiger partial charge in [-0.1, -0.05) is 23.4 Å². The molecule has 0 aliphatic carbocycles. The number of hydrogen-bond acceptors (Lipinski definition) is 5. The van der Waals surface area contributed by atoms with E-state index in [1.54, 1.807) is 6.07 Å². The molecule has 18 heavy (non-hydrogen) atoms. The van der Waals surface area contributed by atoms with Gasteiger partial charge in [0.25, 0.3) is 0 Å². The minimum absolute atomic E-state index is 0. The van der Waals surface area contributed by atoms with Crippen LogP contribution < -0.4 is 10.6 Å². The lowest BCUT2D eigenvalue weighted by Gasteiger charge is -2.18. The van der Waals surface area contributed by atoms with Gasteiger partial charge in [-0.2, -0.15) is 4.98 Å². The molecule has 1 rings (SSSR count). The molecule has 1 heterocycles. The number of aromatic nitrogens is 2. The number of thioether (sulfide) groups is 1. The summed E-state index contributed by atoms with van der Waals surface area (Å²) in [6.07, 6.45) is 1.85. The molecule has 0 fully saturated rings. The number of halogens is 2. The van der Waals surface area contributed by atoms with E-state index in [1.807, 2.05) is 25.0 Å². The van der Waals surface area contributed by atoms with Crippen LogP contribution in [-0.4, -0.2) is 34.5 Å². The molecule has 0 atom stereocenters. The summed E-state index contributed by atoms with van der Waals surface area (Å²) < 4.78 is 0. The topological polar surface area (TPSA) is 67.4 Å². The average molecular weight is 402 g/mol. The Morgan fingerprint density at radius 1 is 1.44 bits per heavy atom. The van der Waals surface area contributed by atoms with Crippen LogP contribution in [0.1, 0.15) is 13.8 Å². The highest BCUT2D eigenvalue weighted by molar-refractivity contribution is 14.0. The zero-order valence-electron chi connectivity index (χ0n) is 10.6. The van der Waals surface area contributed by atoms with Crippen LogP contribution in [0.25, 0.3) is 0 Å². The van der Waals surface area contributed by atoms with Crippen LogP contribution in [0.3, 0.4) is 0 Å². The highest BCUT2D eigenvalue weighted by Gasteiger charge is 2.08. The van der Waals surface area contributed by atoms with Crippen LogP contribution in [0.4, 0.5) is 11.8 Å². The van der Waals surface area contributed by atoms with Crippen molar-refractivity contribution < 1.29 is 0 Å². The lowest BCUT2D eigenvalue weighted by molar-refractivity contribution is 0.821. The van der Waals surface area contributed by atoms with Crippen molar-refractivity contribution in [3.05, 3.63) is 11.2 Å². The third-order valence-electron chi connectivity index (χ3n) is 2.15. The third-order valence-corrected chi connectivity index (χ3v) is 2.85. The summed E-state index contributed by atoms with van der Waals surface area (Å²) in [6.45, 7) is 5.70. The molecular weight excluding hydrogens is 385 g/mol. The number of rotatable bonds is 4. The van der Waals surface area contributed by atoms with Crippen LogP contribution >= 0.6 is 47.3 Å². The summed E-state index contributed by atoms with van der Waals surface area (Å²) in [5.41, 5.74) is 5.64. The molecule has 0 unspecified atom stereocenters. The fourth-order valence-electron chi connectivity index (χ4n) is 1.26. The number of anilines is 1. The number of nitrogens with zero attached hydrogens (tertiary/aromatic N) is 4. The highest BCUT2D eigenvalue weighted by Crippen LogP contribution is 2.19. The highest BCUT2D eigenvalue weighted by atomic mass is 127. The van der Waals surface area contributed by atoms with E-state index in [9.17, 15) is 0 Å². The molecule has 0 aliphatic heterocycles. The van der Waals surface area contributed by atoms with Crippen LogP contribution in [0.5, 0.6) is 0 Å². The summed E-state index contributed by atoms with van der Waals surface area (Å²) in [4.78, 5) is 14.6. The molecule has 0 radical (unpaired) electrons. The predicted octanol–water partition coefficient (Wildman–Crippen LogP) is 2.90. The third kappa shape index (κ3) is 5.15. The van der Waals surface area contributed by atoms with Crippen molar-refractivity contribution in [1.29, 1.82) is 0 Å². The Morgan fingerprint density at radius 3 is 2.56 bits per heavy atom. The summed E-state index contributed by atoms with van der Waals surface area (Å²) in [5.74, 6) is 1.06. The molecular formula is C10H17ClIN5S. The van der Waals surface area contributed by atoms with E-state index in [-0.39, 0.29) is 24.0 Å². The molecule has 0 amide bonds. The molecule has 2 N–H and O–H groups in total. The fourth-order valence-corrected chi connectivity index (χ4v) is 1.62. The normalized spacial score (nSPS) is 11.0. The van der Waals surface area contributed by atoms with Crippen LogP contribution in [0.2, 0.25) is 5.15 Å². The molecule has 1 aromatic heterocycles. The number of hydrogen-bond donors (Lipinski definition) is 1. The predicted molar refractivity (Wildman–Crippen MR) is 90.8 cm³/mol. The summed E-state index contributed by atoms with van der Waals surface area (Å²) in [5, 5.41) is 0.819. The first-order chi connectivity index (χ1) is 8.10. The first-order valence-electron chi connectivity index (χ1n) is 5.28. The first-order valence-corrected chi connectivity index (χ1v) is 6.88. The molecule has 0 saturated carbocycles. The van der Waals surface area contributed by atoms with Crippen molar-refractivity contribution in [3.63, 3.8) is 0 Å². The average Bonchev–Trinajstić information content (AvgIpc) is 2.29. The molecule has 1 aromatic rings. The summed E-state index contributed by atoms with van der Waals surface area (Å²) in [7, 11) is 0. The largest absolute Gasteiger partial charge is 0.378 e.